The number of nitrogens with two attached hydrogens (primary N) is 1. The van der Waals surface area contributed by atoms with Crippen LogP contribution in [0.4, 0.5) is 0 Å². The van der Waals surface area contributed by atoms with Gasteiger partial charge in [0.05, 0.1) is 0 Å². The van der Waals surface area contributed by atoms with Gasteiger partial charge >= 0.3 is 0 Å². The van der Waals surface area contributed by atoms with Gasteiger partial charge in [0.1, 0.15) is 0 Å². The Morgan fingerprint density at radius 1 is 1.26 bits per heavy atom. The molecule has 0 aliphatic rings. The molecule has 0 aliphatic carbocycles. The third-order valence-corrected chi connectivity index (χ3v) is 5.44. The van der Waals surface area contributed by atoms with Crippen LogP contribution in [0.1, 0.15) is 36.7 Å². The van der Waals surface area contributed by atoms with Gasteiger partial charge in [0.25, 0.3) is 15.9 Å². The Balaban J connectivity index is 2.37. The number of primary sulfonamides is 1. The van der Waals surface area contributed by atoms with Crippen LogP contribution < -0.4 is 9.94 Å². The lowest BCUT2D eigenvalue weighted by Crippen LogP contribution is -2.15. The molecule has 0 atom stereocenters. The Labute approximate surface area is 138 Å². The van der Waals surface area contributed by atoms with E-state index < -0.39 is 15.9 Å². The molecule has 7 nitrogen and oxygen atoms in total. The van der Waals surface area contributed by atoms with Gasteiger partial charge in [-0.2, -0.15) is 4.99 Å². The maximum absolute atomic E-state index is 12.2. The summed E-state index contributed by atoms with van der Waals surface area (Å²) in [5.74, 6) is -0.467. The molecule has 0 spiro atoms. The van der Waals surface area contributed by atoms with Crippen LogP contribution in [-0.2, 0) is 22.5 Å². The van der Waals surface area contributed by atoms with Crippen LogP contribution in [0, 0.1) is 0 Å². The summed E-state index contributed by atoms with van der Waals surface area (Å²) in [6.07, 6.45) is 0. The monoisotopic (exact) mass is 354 g/mol. The highest BCUT2D eigenvalue weighted by atomic mass is 32.2. The molecule has 1 heterocycles. The number of amides is 1. The number of rotatable bonds is 2. The molecule has 0 unspecified atom stereocenters. The molecule has 124 valence electrons. The number of nitrogens with zero attached hydrogens (tertiary/aromatic N) is 3. The Morgan fingerprint density at radius 3 is 2.26 bits per heavy atom. The van der Waals surface area contributed by atoms with Crippen molar-refractivity contribution in [3.05, 3.63) is 40.2 Å². The van der Waals surface area contributed by atoms with Gasteiger partial charge in [-0.25, -0.2) is 18.2 Å². The molecular weight excluding hydrogens is 336 g/mol. The number of hydrogen-bond donors (Lipinski definition) is 1. The molecule has 0 aliphatic heterocycles. The fraction of sp³-hybridized carbons (Fsp3) is 0.357. The highest BCUT2D eigenvalue weighted by Gasteiger charge is 2.16. The van der Waals surface area contributed by atoms with E-state index in [2.05, 4.69) is 30.9 Å². The van der Waals surface area contributed by atoms with Crippen molar-refractivity contribution in [2.45, 2.75) is 30.5 Å². The maximum atomic E-state index is 12.2. The third kappa shape index (κ3) is 4.12. The molecule has 0 saturated carbocycles. The van der Waals surface area contributed by atoms with E-state index in [-0.39, 0.29) is 14.6 Å². The fourth-order valence-electron chi connectivity index (χ4n) is 1.80. The number of hydrogen-bond acceptors (Lipinski definition) is 5. The van der Waals surface area contributed by atoms with Crippen molar-refractivity contribution in [1.82, 2.24) is 9.78 Å². The molecular formula is C14H18N4O3S2. The molecule has 2 N–H and O–H groups in total. The molecule has 0 radical (unpaired) electrons. The molecule has 0 fully saturated rings. The molecule has 1 aromatic carbocycles. The summed E-state index contributed by atoms with van der Waals surface area (Å²) in [4.78, 5) is 16.3. The van der Waals surface area contributed by atoms with E-state index in [1.54, 1.807) is 12.1 Å². The summed E-state index contributed by atoms with van der Waals surface area (Å²) in [5.41, 5.74) is 1.52. The van der Waals surface area contributed by atoms with E-state index in [1.165, 1.54) is 11.7 Å². The van der Waals surface area contributed by atoms with E-state index in [0.29, 0.717) is 5.56 Å². The maximum Gasteiger partial charge on any atom is 0.279 e. The van der Waals surface area contributed by atoms with Crippen LogP contribution in [0.3, 0.4) is 0 Å². The normalized spacial score (nSPS) is 13.3. The van der Waals surface area contributed by atoms with Gasteiger partial charge < -0.3 is 0 Å². The summed E-state index contributed by atoms with van der Waals surface area (Å²) in [7, 11) is -2.41. The number of carbonyl (C=O) groups excluding carboxylic acids is 1. The Morgan fingerprint density at radius 2 is 1.83 bits per heavy atom. The van der Waals surface area contributed by atoms with Gasteiger partial charge in [-0.05, 0) is 23.1 Å². The van der Waals surface area contributed by atoms with Gasteiger partial charge in [-0.15, -0.1) is 5.10 Å². The van der Waals surface area contributed by atoms with Gasteiger partial charge in [-0.3, -0.25) is 4.79 Å². The predicted molar refractivity (Wildman–Crippen MR) is 87.5 cm³/mol. The summed E-state index contributed by atoms with van der Waals surface area (Å²) in [6.45, 7) is 6.25. The van der Waals surface area contributed by atoms with E-state index in [4.69, 9.17) is 5.14 Å². The summed E-state index contributed by atoms with van der Waals surface area (Å²) in [5, 5.41) is 8.77. The first-order valence-corrected chi connectivity index (χ1v) is 9.11. The largest absolute Gasteiger partial charge is 0.279 e. The SMILES string of the molecule is Cn1nc(S(N)(=O)=O)sc1=NC(=O)c1ccc(C(C)(C)C)cc1. The Kier molecular flexibility index (Phi) is 4.56. The number of aryl methyl sites for hydroxylation is 1. The number of aromatic nitrogens is 2. The van der Waals surface area contributed by atoms with Crippen molar-refractivity contribution in [3.63, 3.8) is 0 Å². The smallest absolute Gasteiger partial charge is 0.267 e. The van der Waals surface area contributed by atoms with Crippen molar-refractivity contribution in [2.24, 2.45) is 17.2 Å². The second-order valence-corrected chi connectivity index (χ2v) is 8.75. The third-order valence-electron chi connectivity index (χ3n) is 3.13. The predicted octanol–water partition coefficient (Wildman–Crippen LogP) is 1.17. The number of carbonyl (C=O) groups is 1. The molecule has 0 bridgehead atoms. The van der Waals surface area contributed by atoms with E-state index in [9.17, 15) is 13.2 Å². The van der Waals surface area contributed by atoms with Gasteiger partial charge in [0, 0.05) is 12.6 Å². The summed E-state index contributed by atoms with van der Waals surface area (Å²) >= 11 is 0.748. The van der Waals surface area contributed by atoms with Crippen LogP contribution in [-0.4, -0.2) is 24.1 Å². The first-order valence-electron chi connectivity index (χ1n) is 6.75. The van der Waals surface area contributed by atoms with Crippen molar-refractivity contribution < 1.29 is 13.2 Å². The molecule has 2 rings (SSSR count). The van der Waals surface area contributed by atoms with Crippen LogP contribution in [0.5, 0.6) is 0 Å². The highest BCUT2D eigenvalue weighted by molar-refractivity contribution is 7.91. The zero-order valence-electron chi connectivity index (χ0n) is 13.3. The minimum atomic E-state index is -3.91. The van der Waals surface area contributed by atoms with Crippen molar-refractivity contribution in [2.75, 3.05) is 0 Å². The van der Waals surface area contributed by atoms with E-state index >= 15 is 0 Å². The highest BCUT2D eigenvalue weighted by Crippen LogP contribution is 2.22. The Bertz CT molecular complexity index is 901. The van der Waals surface area contributed by atoms with Crippen molar-refractivity contribution in [1.29, 1.82) is 0 Å². The first-order chi connectivity index (χ1) is 10.5. The van der Waals surface area contributed by atoms with Crippen molar-refractivity contribution >= 4 is 27.3 Å². The number of sulfonamides is 1. The zero-order chi connectivity index (χ0) is 17.4. The summed E-state index contributed by atoms with van der Waals surface area (Å²) < 4.78 is 23.5. The lowest BCUT2D eigenvalue weighted by atomic mass is 9.87. The Hall–Kier alpha value is -1.84. The van der Waals surface area contributed by atoms with Crippen LogP contribution in [0.15, 0.2) is 33.6 Å². The molecule has 2 aromatic rings. The minimum Gasteiger partial charge on any atom is -0.267 e. The molecule has 0 saturated heterocycles. The van der Waals surface area contributed by atoms with Crippen LogP contribution >= 0.6 is 11.3 Å². The van der Waals surface area contributed by atoms with Crippen molar-refractivity contribution in [3.8, 4) is 0 Å². The minimum absolute atomic E-state index is 0.00673. The van der Waals surface area contributed by atoms with Crippen LogP contribution in [0.2, 0.25) is 0 Å². The molecule has 23 heavy (non-hydrogen) atoms. The van der Waals surface area contributed by atoms with Gasteiger partial charge in [-0.1, -0.05) is 44.2 Å². The molecule has 1 aromatic heterocycles. The first kappa shape index (κ1) is 17.5. The van der Waals surface area contributed by atoms with E-state index in [1.807, 2.05) is 12.1 Å². The molecule has 9 heteroatoms. The standard InChI is InChI=1S/C14H18N4O3S2/c1-14(2,3)10-7-5-9(6-8-10)11(19)16-12-18(4)17-13(22-12)23(15,20)21/h5-8H,1-4H3,(H2,15,20,21). The lowest BCUT2D eigenvalue weighted by molar-refractivity contribution is 0.0997. The van der Waals surface area contributed by atoms with E-state index in [0.717, 1.165) is 16.9 Å². The average molecular weight is 354 g/mol. The fourth-order valence-corrected chi connectivity index (χ4v) is 3.35. The zero-order valence-corrected chi connectivity index (χ0v) is 14.9. The van der Waals surface area contributed by atoms with Crippen LogP contribution in [0.25, 0.3) is 0 Å². The average Bonchev–Trinajstić information content (AvgIpc) is 2.79. The quantitative estimate of drug-likeness (QED) is 0.873. The van der Waals surface area contributed by atoms with Gasteiger partial charge in [0.2, 0.25) is 9.14 Å². The second-order valence-electron chi connectivity index (χ2n) is 6.06. The molecule has 1 amide bonds. The lowest BCUT2D eigenvalue weighted by Gasteiger charge is -2.18. The summed E-state index contributed by atoms with van der Waals surface area (Å²) in [6, 6.07) is 7.17. The second kappa shape index (κ2) is 5.99. The number of benzene rings is 1. The topological polar surface area (TPSA) is 107 Å². The van der Waals surface area contributed by atoms with Gasteiger partial charge in [0.15, 0.2) is 0 Å².